The molecule has 0 aliphatic carbocycles. The molecule has 0 aliphatic rings. The van der Waals surface area contributed by atoms with Crippen LogP contribution in [0.25, 0.3) is 0 Å². The van der Waals surface area contributed by atoms with Crippen LogP contribution in [0.2, 0.25) is 0 Å². The Kier molecular flexibility index (Phi) is 8.73. The second-order valence-corrected chi connectivity index (χ2v) is 7.24. The lowest BCUT2D eigenvalue weighted by Gasteiger charge is -2.10. The van der Waals surface area contributed by atoms with Gasteiger partial charge in [-0.3, -0.25) is 0 Å². The highest BCUT2D eigenvalue weighted by Gasteiger charge is 2.16. The number of anilines is 2. The van der Waals surface area contributed by atoms with Gasteiger partial charge in [0.05, 0.1) is 6.61 Å². The van der Waals surface area contributed by atoms with Crippen molar-refractivity contribution in [3.05, 3.63) is 90.0 Å². The van der Waals surface area contributed by atoms with Gasteiger partial charge < -0.3 is 19.9 Å². The molecule has 0 spiro atoms. The lowest BCUT2D eigenvalue weighted by Crippen LogP contribution is -2.24. The van der Waals surface area contributed by atoms with E-state index in [1.807, 2.05) is 78.9 Å². The van der Waals surface area contributed by atoms with Crippen molar-refractivity contribution in [2.24, 2.45) is 0 Å². The molecule has 0 radical (unpaired) electrons. The molecule has 0 unspecified atom stereocenters. The molecule has 0 bridgehead atoms. The van der Waals surface area contributed by atoms with Gasteiger partial charge >= 0.3 is 5.97 Å². The number of rotatable bonds is 10. The van der Waals surface area contributed by atoms with Crippen molar-refractivity contribution < 1.29 is 19.4 Å². The highest BCUT2D eigenvalue weighted by atomic mass is 16.5. The van der Waals surface area contributed by atoms with E-state index in [0.29, 0.717) is 13.0 Å². The molecule has 0 saturated carbocycles. The van der Waals surface area contributed by atoms with Gasteiger partial charge in [0.15, 0.2) is 6.10 Å². The molecule has 164 valence electrons. The van der Waals surface area contributed by atoms with Crippen LogP contribution in [0.4, 0.5) is 11.4 Å². The molecule has 0 aliphatic heterocycles. The maximum absolute atomic E-state index is 11.1. The highest BCUT2D eigenvalue weighted by molar-refractivity contribution is 5.72. The van der Waals surface area contributed by atoms with E-state index >= 15 is 0 Å². The maximum atomic E-state index is 11.1. The van der Waals surface area contributed by atoms with Crippen molar-refractivity contribution in [2.75, 3.05) is 19.0 Å². The SMILES string of the molecule is CO[C@@H](Cc1ccc(C#CCCCOc2cccc(Nc3ccccc3)c2)cc1)C(=O)O. The Hall–Kier alpha value is -3.75. The van der Waals surface area contributed by atoms with Crippen LogP contribution in [-0.2, 0) is 16.0 Å². The number of aliphatic carboxylic acids is 1. The zero-order chi connectivity index (χ0) is 22.6. The average Bonchev–Trinajstić information content (AvgIpc) is 2.81. The number of para-hydroxylation sites is 1. The van der Waals surface area contributed by atoms with Gasteiger partial charge in [0, 0.05) is 43.0 Å². The Morgan fingerprint density at radius 2 is 1.75 bits per heavy atom. The number of nitrogens with one attached hydrogen (secondary N) is 1. The molecule has 32 heavy (non-hydrogen) atoms. The Labute approximate surface area is 189 Å². The fourth-order valence-electron chi connectivity index (χ4n) is 3.08. The summed E-state index contributed by atoms with van der Waals surface area (Å²) in [5.74, 6) is 6.16. The number of hydrogen-bond donors (Lipinski definition) is 2. The number of unbranched alkanes of at least 4 members (excludes halogenated alkanes) is 1. The molecular formula is C27H27NO4. The second-order valence-electron chi connectivity index (χ2n) is 7.24. The van der Waals surface area contributed by atoms with Crippen molar-refractivity contribution in [3.8, 4) is 17.6 Å². The minimum atomic E-state index is -0.960. The van der Waals surface area contributed by atoms with Crippen LogP contribution in [0, 0.1) is 11.8 Å². The fraction of sp³-hybridized carbons (Fsp3) is 0.222. The summed E-state index contributed by atoms with van der Waals surface area (Å²) >= 11 is 0. The summed E-state index contributed by atoms with van der Waals surface area (Å²) in [5.41, 5.74) is 3.83. The third-order valence-corrected chi connectivity index (χ3v) is 4.78. The largest absolute Gasteiger partial charge is 0.493 e. The lowest BCUT2D eigenvalue weighted by atomic mass is 10.1. The molecule has 0 fully saturated rings. The lowest BCUT2D eigenvalue weighted by molar-refractivity contribution is -0.148. The van der Waals surface area contributed by atoms with E-state index in [1.165, 1.54) is 7.11 Å². The van der Waals surface area contributed by atoms with Gasteiger partial charge in [-0.1, -0.05) is 48.2 Å². The number of carbonyl (C=O) groups is 1. The van der Waals surface area contributed by atoms with Crippen molar-refractivity contribution in [1.29, 1.82) is 0 Å². The number of benzene rings is 3. The molecule has 5 heteroatoms. The molecule has 0 heterocycles. The van der Waals surface area contributed by atoms with Crippen molar-refractivity contribution in [2.45, 2.75) is 25.4 Å². The Morgan fingerprint density at radius 1 is 1.00 bits per heavy atom. The van der Waals surface area contributed by atoms with E-state index in [4.69, 9.17) is 14.6 Å². The highest BCUT2D eigenvalue weighted by Crippen LogP contribution is 2.21. The van der Waals surface area contributed by atoms with Gasteiger partial charge in [0.1, 0.15) is 5.75 Å². The Bertz CT molecular complexity index is 1050. The van der Waals surface area contributed by atoms with Gasteiger partial charge in [-0.2, -0.15) is 0 Å². The topological polar surface area (TPSA) is 67.8 Å². The van der Waals surface area contributed by atoms with Crippen LogP contribution in [0.15, 0.2) is 78.9 Å². The summed E-state index contributed by atoms with van der Waals surface area (Å²) in [4.78, 5) is 11.1. The van der Waals surface area contributed by atoms with Gasteiger partial charge in [0.25, 0.3) is 0 Å². The third kappa shape index (κ3) is 7.50. The minimum absolute atomic E-state index is 0.332. The van der Waals surface area contributed by atoms with Crippen LogP contribution in [0.3, 0.4) is 0 Å². The fourth-order valence-corrected chi connectivity index (χ4v) is 3.08. The normalized spacial score (nSPS) is 11.2. The first kappa shape index (κ1) is 22.9. The molecule has 0 saturated heterocycles. The number of ether oxygens (including phenoxy) is 2. The molecule has 3 rings (SSSR count). The summed E-state index contributed by atoms with van der Waals surface area (Å²) in [5, 5.41) is 12.4. The maximum Gasteiger partial charge on any atom is 0.333 e. The summed E-state index contributed by atoms with van der Waals surface area (Å²) in [6, 6.07) is 25.5. The van der Waals surface area contributed by atoms with Crippen LogP contribution < -0.4 is 10.1 Å². The van der Waals surface area contributed by atoms with Crippen LogP contribution >= 0.6 is 0 Å². The second kappa shape index (κ2) is 12.2. The van der Waals surface area contributed by atoms with Crippen molar-refractivity contribution in [1.82, 2.24) is 0 Å². The number of carboxylic acids is 1. The van der Waals surface area contributed by atoms with E-state index in [2.05, 4.69) is 17.2 Å². The monoisotopic (exact) mass is 429 g/mol. The zero-order valence-electron chi connectivity index (χ0n) is 18.1. The van der Waals surface area contributed by atoms with Gasteiger partial charge in [0.2, 0.25) is 0 Å². The molecule has 1 atom stereocenters. The van der Waals surface area contributed by atoms with E-state index in [1.54, 1.807) is 0 Å². The van der Waals surface area contributed by atoms with Crippen LogP contribution in [-0.4, -0.2) is 30.9 Å². The Morgan fingerprint density at radius 3 is 2.47 bits per heavy atom. The van der Waals surface area contributed by atoms with Crippen molar-refractivity contribution >= 4 is 17.3 Å². The quantitative estimate of drug-likeness (QED) is 0.339. The van der Waals surface area contributed by atoms with E-state index in [0.717, 1.165) is 41.1 Å². The predicted octanol–water partition coefficient (Wildman–Crippen LogP) is 5.28. The standard InChI is InChI=1S/C27H27NO4/c1-31-26(27(29)30)19-22-16-14-21(15-17-22)9-4-3-7-18-32-25-13-8-12-24(20-25)28-23-10-5-2-6-11-23/h2,5-6,8,10-17,20,26,28H,3,7,18-19H2,1H3,(H,29,30)/t26-/m0/s1. The molecule has 3 aromatic carbocycles. The summed E-state index contributed by atoms with van der Waals surface area (Å²) in [6.45, 7) is 0.593. The molecule has 3 aromatic rings. The number of hydrogen-bond acceptors (Lipinski definition) is 4. The van der Waals surface area contributed by atoms with Gasteiger partial charge in [-0.05, 0) is 48.4 Å². The first-order valence-electron chi connectivity index (χ1n) is 10.5. The molecule has 2 N–H and O–H groups in total. The summed E-state index contributed by atoms with van der Waals surface area (Å²) in [6.07, 6.45) is 1.06. The number of methoxy groups -OCH3 is 1. The van der Waals surface area contributed by atoms with Gasteiger partial charge in [-0.25, -0.2) is 4.79 Å². The molecular weight excluding hydrogens is 402 g/mol. The number of carboxylic acid groups (broad SMARTS) is 1. The average molecular weight is 430 g/mol. The molecule has 0 amide bonds. The molecule has 5 nitrogen and oxygen atoms in total. The van der Waals surface area contributed by atoms with Crippen molar-refractivity contribution in [3.63, 3.8) is 0 Å². The molecule has 0 aromatic heterocycles. The van der Waals surface area contributed by atoms with Crippen LogP contribution in [0.1, 0.15) is 24.0 Å². The van der Waals surface area contributed by atoms with Crippen LogP contribution in [0.5, 0.6) is 5.75 Å². The zero-order valence-corrected chi connectivity index (χ0v) is 18.1. The summed E-state index contributed by atoms with van der Waals surface area (Å²) in [7, 11) is 1.40. The summed E-state index contributed by atoms with van der Waals surface area (Å²) < 4.78 is 10.8. The van der Waals surface area contributed by atoms with E-state index < -0.39 is 12.1 Å². The van der Waals surface area contributed by atoms with E-state index in [9.17, 15) is 4.79 Å². The Balaban J connectivity index is 1.41. The van der Waals surface area contributed by atoms with Gasteiger partial charge in [-0.15, -0.1) is 0 Å². The predicted molar refractivity (Wildman–Crippen MR) is 126 cm³/mol. The smallest absolute Gasteiger partial charge is 0.333 e. The van der Waals surface area contributed by atoms with E-state index in [-0.39, 0.29) is 0 Å². The first-order chi connectivity index (χ1) is 15.6. The third-order valence-electron chi connectivity index (χ3n) is 4.78. The first-order valence-corrected chi connectivity index (χ1v) is 10.5. The minimum Gasteiger partial charge on any atom is -0.493 e.